The van der Waals surface area contributed by atoms with Crippen LogP contribution >= 0.6 is 31.9 Å². The van der Waals surface area contributed by atoms with Crippen molar-refractivity contribution in [2.24, 2.45) is 5.92 Å². The van der Waals surface area contributed by atoms with Gasteiger partial charge in [-0.15, -0.1) is 0 Å². The van der Waals surface area contributed by atoms with Gasteiger partial charge in [-0.25, -0.2) is 8.42 Å². The quantitative estimate of drug-likeness (QED) is 0.278. The van der Waals surface area contributed by atoms with E-state index in [4.69, 9.17) is 0 Å². The number of carbonyl (C=O) groups is 1. The Bertz CT molecular complexity index is 1280. The van der Waals surface area contributed by atoms with E-state index in [9.17, 15) is 13.2 Å². The molecule has 1 fully saturated rings. The molecule has 1 atom stereocenters. The lowest BCUT2D eigenvalue weighted by Crippen LogP contribution is -2.40. The molecule has 5 nitrogen and oxygen atoms in total. The molecule has 0 spiro atoms. The van der Waals surface area contributed by atoms with E-state index < -0.39 is 10.0 Å². The molecule has 0 N–H and O–H groups in total. The predicted octanol–water partition coefficient (Wildman–Crippen LogP) is 6.56. The average molecular weight is 648 g/mol. The van der Waals surface area contributed by atoms with E-state index in [1.54, 1.807) is 34.5 Å². The van der Waals surface area contributed by atoms with E-state index in [0.717, 1.165) is 32.9 Å². The summed E-state index contributed by atoms with van der Waals surface area (Å²) in [5, 5.41) is 0. The topological polar surface area (TPSA) is 57.7 Å². The monoisotopic (exact) mass is 646 g/mol. The van der Waals surface area contributed by atoms with Crippen molar-refractivity contribution in [2.45, 2.75) is 43.5 Å². The summed E-state index contributed by atoms with van der Waals surface area (Å²) in [4.78, 5) is 15.6. The second kappa shape index (κ2) is 12.2. The summed E-state index contributed by atoms with van der Waals surface area (Å²) in [5.74, 6) is 0.140. The highest BCUT2D eigenvalue weighted by atomic mass is 79.9. The Hall–Kier alpha value is -2.00. The maximum absolute atomic E-state index is 13.7. The smallest absolute Gasteiger partial charge is 0.253 e. The third-order valence-electron chi connectivity index (χ3n) is 6.98. The summed E-state index contributed by atoms with van der Waals surface area (Å²) < 4.78 is 30.2. The van der Waals surface area contributed by atoms with Crippen LogP contribution in [0.25, 0.3) is 0 Å². The number of benzene rings is 3. The summed E-state index contributed by atoms with van der Waals surface area (Å²) in [6.45, 7) is 3.11. The van der Waals surface area contributed by atoms with Gasteiger partial charge < -0.3 is 4.90 Å². The number of nitrogens with zero attached hydrogens (tertiary/aromatic N) is 2. The van der Waals surface area contributed by atoms with Crippen molar-refractivity contribution < 1.29 is 13.2 Å². The Morgan fingerprint density at radius 3 is 2.08 bits per heavy atom. The first-order valence-electron chi connectivity index (χ1n) is 12.5. The Labute approximate surface area is 237 Å². The number of piperidine rings is 1. The van der Waals surface area contributed by atoms with Crippen molar-refractivity contribution in [3.63, 3.8) is 0 Å². The van der Waals surface area contributed by atoms with Crippen molar-refractivity contribution in [3.8, 4) is 0 Å². The fourth-order valence-corrected chi connectivity index (χ4v) is 6.98. The summed E-state index contributed by atoms with van der Waals surface area (Å²) in [6, 6.07) is 22.6. The lowest BCUT2D eigenvalue weighted by Gasteiger charge is -2.30. The summed E-state index contributed by atoms with van der Waals surface area (Å²) in [7, 11) is -1.84. The highest BCUT2D eigenvalue weighted by molar-refractivity contribution is 9.10. The largest absolute Gasteiger partial charge is 0.338 e. The van der Waals surface area contributed by atoms with Crippen molar-refractivity contribution in [2.75, 3.05) is 20.1 Å². The van der Waals surface area contributed by atoms with Gasteiger partial charge in [0.25, 0.3) is 5.91 Å². The molecule has 1 unspecified atom stereocenters. The zero-order valence-corrected chi connectivity index (χ0v) is 25.1. The van der Waals surface area contributed by atoms with Gasteiger partial charge in [0.1, 0.15) is 0 Å². The van der Waals surface area contributed by atoms with Crippen LogP contribution in [0.4, 0.5) is 0 Å². The van der Waals surface area contributed by atoms with Crippen LogP contribution in [0.5, 0.6) is 0 Å². The van der Waals surface area contributed by atoms with Crippen LogP contribution in [0.1, 0.15) is 41.3 Å². The number of hydrogen-bond acceptors (Lipinski definition) is 3. The van der Waals surface area contributed by atoms with Crippen LogP contribution in [0.15, 0.2) is 86.6 Å². The molecule has 1 aliphatic heterocycles. The third-order valence-corrected chi connectivity index (χ3v) is 9.89. The first-order valence-corrected chi connectivity index (χ1v) is 15.5. The zero-order chi connectivity index (χ0) is 26.6. The van der Waals surface area contributed by atoms with Crippen molar-refractivity contribution in [1.82, 2.24) is 9.21 Å². The van der Waals surface area contributed by atoms with Crippen LogP contribution in [0, 0.1) is 5.92 Å². The van der Waals surface area contributed by atoms with E-state index >= 15 is 0 Å². The fourth-order valence-electron chi connectivity index (χ4n) is 4.80. The first-order chi connectivity index (χ1) is 17.6. The van der Waals surface area contributed by atoms with Crippen LogP contribution in [-0.2, 0) is 22.9 Å². The van der Waals surface area contributed by atoms with E-state index in [1.807, 2.05) is 24.3 Å². The summed E-state index contributed by atoms with van der Waals surface area (Å²) in [5.41, 5.74) is 2.63. The molecule has 1 saturated heterocycles. The van der Waals surface area contributed by atoms with Gasteiger partial charge in [-0.05, 0) is 85.2 Å². The maximum atomic E-state index is 13.7. The molecule has 1 aliphatic rings. The van der Waals surface area contributed by atoms with E-state index in [0.29, 0.717) is 37.4 Å². The lowest BCUT2D eigenvalue weighted by molar-refractivity contribution is 0.0730. The molecular weight excluding hydrogens is 616 g/mol. The number of carbonyl (C=O) groups excluding carboxylic acids is 1. The molecular formula is C29H32Br2N2O3S. The molecule has 4 rings (SSSR count). The SMILES string of the molecule is CC1CCCN(S(=O)(=O)c2cccc(C(=O)N(C)C(Cc3ccc(Br)cc3)Cc3ccc(Br)cc3)c2)C1. The molecule has 8 heteroatoms. The Kier molecular flexibility index (Phi) is 9.27. The predicted molar refractivity (Wildman–Crippen MR) is 155 cm³/mol. The molecule has 3 aromatic rings. The Balaban J connectivity index is 1.59. The third kappa shape index (κ3) is 7.11. The van der Waals surface area contributed by atoms with Gasteiger partial charge in [-0.3, -0.25) is 4.79 Å². The highest BCUT2D eigenvalue weighted by Crippen LogP contribution is 2.25. The second-order valence-electron chi connectivity index (χ2n) is 9.87. The van der Waals surface area contributed by atoms with Crippen LogP contribution in [0.3, 0.4) is 0 Å². The van der Waals surface area contributed by atoms with Crippen LogP contribution < -0.4 is 0 Å². The number of rotatable bonds is 8. The normalized spacial score (nSPS) is 16.6. The van der Waals surface area contributed by atoms with Gasteiger partial charge in [0.2, 0.25) is 10.0 Å². The molecule has 1 heterocycles. The van der Waals surface area contributed by atoms with Crippen molar-refractivity contribution >= 4 is 47.8 Å². The zero-order valence-electron chi connectivity index (χ0n) is 21.1. The van der Waals surface area contributed by atoms with Crippen LogP contribution in [-0.4, -0.2) is 49.7 Å². The highest BCUT2D eigenvalue weighted by Gasteiger charge is 2.30. The van der Waals surface area contributed by atoms with Crippen LogP contribution in [0.2, 0.25) is 0 Å². The molecule has 3 aromatic carbocycles. The minimum absolute atomic E-state index is 0.113. The van der Waals surface area contributed by atoms with E-state index in [1.165, 1.54) is 6.07 Å². The fraction of sp³-hybridized carbons (Fsp3) is 0.345. The summed E-state index contributed by atoms with van der Waals surface area (Å²) >= 11 is 6.98. The van der Waals surface area contributed by atoms with Gasteiger partial charge in [-0.2, -0.15) is 4.31 Å². The van der Waals surface area contributed by atoms with Gasteiger partial charge in [0.05, 0.1) is 4.90 Å². The number of sulfonamides is 1. The molecule has 0 aromatic heterocycles. The number of hydrogen-bond donors (Lipinski definition) is 0. The molecule has 37 heavy (non-hydrogen) atoms. The molecule has 0 aliphatic carbocycles. The molecule has 0 bridgehead atoms. The van der Waals surface area contributed by atoms with Crippen molar-refractivity contribution in [1.29, 1.82) is 0 Å². The number of halogens is 2. The average Bonchev–Trinajstić information content (AvgIpc) is 2.90. The number of likely N-dealkylation sites (N-methyl/N-ethyl adjacent to an activating group) is 1. The van der Waals surface area contributed by atoms with E-state index in [-0.39, 0.29) is 16.8 Å². The molecule has 196 valence electrons. The van der Waals surface area contributed by atoms with Gasteiger partial charge in [0.15, 0.2) is 0 Å². The Morgan fingerprint density at radius 1 is 0.973 bits per heavy atom. The van der Waals surface area contributed by atoms with Gasteiger partial charge in [-0.1, -0.05) is 69.1 Å². The molecule has 0 saturated carbocycles. The molecule has 0 radical (unpaired) electrons. The molecule has 1 amide bonds. The lowest BCUT2D eigenvalue weighted by atomic mass is 9.97. The standard InChI is InChI=1S/C29H32Br2N2O3S/c1-21-5-4-16-33(20-21)37(35,36)28-7-3-6-24(19-28)29(34)32(2)27(17-22-8-12-25(30)13-9-22)18-23-10-14-26(31)15-11-23/h3,6-15,19,21,27H,4-5,16-18,20H2,1-2H3. The number of amides is 1. The Morgan fingerprint density at radius 2 is 1.54 bits per heavy atom. The minimum atomic E-state index is -3.65. The van der Waals surface area contributed by atoms with Gasteiger partial charge in [0, 0.05) is 40.7 Å². The minimum Gasteiger partial charge on any atom is -0.338 e. The summed E-state index contributed by atoms with van der Waals surface area (Å²) in [6.07, 6.45) is 3.24. The van der Waals surface area contributed by atoms with E-state index in [2.05, 4.69) is 63.0 Å². The van der Waals surface area contributed by atoms with Crippen molar-refractivity contribution in [3.05, 3.63) is 98.4 Å². The first kappa shape index (κ1) is 28.0. The second-order valence-corrected chi connectivity index (χ2v) is 13.6. The maximum Gasteiger partial charge on any atom is 0.253 e. The van der Waals surface area contributed by atoms with Gasteiger partial charge >= 0.3 is 0 Å².